The molecule has 0 aliphatic rings. The Morgan fingerprint density at radius 3 is 2.43 bits per heavy atom. The molecule has 4 heterocycles. The molecule has 0 bridgehead atoms. The van der Waals surface area contributed by atoms with Crippen LogP contribution in [0.4, 0.5) is 0 Å². The first-order chi connectivity index (χ1) is 22.6. The quantitative estimate of drug-likeness (QED) is 0.154. The van der Waals surface area contributed by atoms with Crippen LogP contribution >= 0.6 is 0 Å². The minimum absolute atomic E-state index is 0.555. The standard InChI is InChI=1S/C39H26N4O/c1-2-10-30(11-3-1)41-26-42(36-16-7-6-15-35(36)41)31-12-8-9-27(22-31)21-28-17-18-33-32-13-4-5-14-34(32)43(37(33)23-28)39-24-38-29(25-40-39)19-20-44-38/h1-20,22-25H,21H2/i21D2. The van der Waals surface area contributed by atoms with E-state index < -0.39 is 6.37 Å². The largest absolute Gasteiger partial charge is 0.464 e. The normalized spacial score (nSPS) is 12.7. The number of rotatable bonds is 5. The summed E-state index contributed by atoms with van der Waals surface area (Å²) in [5.41, 5.74) is 7.58. The van der Waals surface area contributed by atoms with Crippen molar-refractivity contribution in [2.45, 2.75) is 6.37 Å². The molecule has 44 heavy (non-hydrogen) atoms. The van der Waals surface area contributed by atoms with Gasteiger partial charge in [-0.1, -0.05) is 84.9 Å². The van der Waals surface area contributed by atoms with Crippen molar-refractivity contribution in [3.05, 3.63) is 163 Å². The molecule has 0 N–H and O–H groups in total. The monoisotopic (exact) mass is 568 g/mol. The Labute approximate surface area is 256 Å². The lowest BCUT2D eigenvalue weighted by atomic mass is 10.0. The molecular weight excluding hydrogens is 540 g/mol. The van der Waals surface area contributed by atoms with Crippen molar-refractivity contribution in [1.82, 2.24) is 14.1 Å². The van der Waals surface area contributed by atoms with Gasteiger partial charge in [-0.25, -0.2) is 4.98 Å². The zero-order valence-corrected chi connectivity index (χ0v) is 23.6. The Kier molecular flexibility index (Phi) is 5.05. The fraction of sp³-hybridized carbons (Fsp3) is 0.0256. The Bertz CT molecular complexity index is 2580. The third-order valence-corrected chi connectivity index (χ3v) is 8.20. The van der Waals surface area contributed by atoms with E-state index in [4.69, 9.17) is 9.40 Å². The summed E-state index contributed by atoms with van der Waals surface area (Å²) in [5.74, 6) is 0.718. The van der Waals surface area contributed by atoms with Crippen molar-refractivity contribution >= 4 is 43.8 Å². The Balaban J connectivity index is 1.19. The molecular formula is C39H26N4O. The fourth-order valence-corrected chi connectivity index (χ4v) is 6.17. The second kappa shape index (κ2) is 9.82. The van der Waals surface area contributed by atoms with Gasteiger partial charge in [0.1, 0.15) is 11.4 Å². The third kappa shape index (κ3) is 3.94. The summed E-state index contributed by atoms with van der Waals surface area (Å²) in [7, 11) is 0. The van der Waals surface area contributed by atoms with Gasteiger partial charge in [0.25, 0.3) is 6.33 Å². The first kappa shape index (κ1) is 22.6. The zero-order valence-electron chi connectivity index (χ0n) is 25.6. The van der Waals surface area contributed by atoms with Crippen molar-refractivity contribution in [1.29, 1.82) is 0 Å². The molecule has 0 aliphatic carbocycles. The molecule has 9 aromatic rings. The van der Waals surface area contributed by atoms with Gasteiger partial charge in [-0.05, 0) is 60.0 Å². The van der Waals surface area contributed by atoms with Crippen LogP contribution in [-0.2, 0) is 6.37 Å². The summed E-state index contributed by atoms with van der Waals surface area (Å²) >= 11 is 0. The van der Waals surface area contributed by atoms with Crippen molar-refractivity contribution in [3.63, 3.8) is 0 Å². The van der Waals surface area contributed by atoms with Crippen LogP contribution < -0.4 is 4.57 Å². The lowest BCUT2D eigenvalue weighted by molar-refractivity contribution is -0.572. The van der Waals surface area contributed by atoms with Gasteiger partial charge in [0.2, 0.25) is 0 Å². The molecule has 5 aromatic carbocycles. The van der Waals surface area contributed by atoms with Crippen molar-refractivity contribution in [2.24, 2.45) is 0 Å². The van der Waals surface area contributed by atoms with E-state index in [9.17, 15) is 2.74 Å². The molecule has 0 fully saturated rings. The molecule has 0 saturated carbocycles. The average molecular weight is 569 g/mol. The summed E-state index contributed by atoms with van der Waals surface area (Å²) in [5, 5.41) is 3.04. The molecule has 0 spiro atoms. The maximum absolute atomic E-state index is 9.44. The predicted octanol–water partition coefficient (Wildman–Crippen LogP) is 8.54. The summed E-state index contributed by atoms with van der Waals surface area (Å²) in [4.78, 5) is 4.77. The number of para-hydroxylation sites is 4. The van der Waals surface area contributed by atoms with E-state index in [1.807, 2.05) is 112 Å². The topological polar surface area (TPSA) is 39.8 Å². The number of aromatic nitrogens is 4. The summed E-state index contributed by atoms with van der Waals surface area (Å²) in [6.45, 7) is 0. The lowest BCUT2D eigenvalue weighted by Gasteiger charge is -2.09. The van der Waals surface area contributed by atoms with Crippen LogP contribution in [-0.4, -0.2) is 14.1 Å². The fourth-order valence-electron chi connectivity index (χ4n) is 6.17. The van der Waals surface area contributed by atoms with Crippen molar-refractivity contribution in [3.8, 4) is 17.2 Å². The molecule has 4 aromatic heterocycles. The molecule has 0 unspecified atom stereocenters. The molecule has 5 heteroatoms. The van der Waals surface area contributed by atoms with E-state index in [1.165, 1.54) is 0 Å². The van der Waals surface area contributed by atoms with Gasteiger partial charge in [-0.3, -0.25) is 13.7 Å². The van der Waals surface area contributed by atoms with Crippen molar-refractivity contribution < 1.29 is 11.7 Å². The van der Waals surface area contributed by atoms with Crippen LogP contribution in [0, 0.1) is 6.33 Å². The highest BCUT2D eigenvalue weighted by molar-refractivity contribution is 6.09. The van der Waals surface area contributed by atoms with E-state index >= 15 is 0 Å². The lowest BCUT2D eigenvalue weighted by Crippen LogP contribution is -2.29. The number of nitrogens with zero attached hydrogens (tertiary/aromatic N) is 4. The molecule has 5 nitrogen and oxygen atoms in total. The van der Waals surface area contributed by atoms with Gasteiger partial charge in [0.05, 0.1) is 39.7 Å². The average Bonchev–Trinajstić information content (AvgIpc) is 3.82. The van der Waals surface area contributed by atoms with Crippen molar-refractivity contribution in [2.75, 3.05) is 0 Å². The number of fused-ring (bicyclic) bond motifs is 5. The molecule has 0 aliphatic heterocycles. The van der Waals surface area contributed by atoms with Gasteiger partial charge < -0.3 is 4.42 Å². The molecule has 0 saturated heterocycles. The summed E-state index contributed by atoms with van der Waals surface area (Å²) in [6, 6.07) is 43.9. The minimum Gasteiger partial charge on any atom is -0.464 e. The van der Waals surface area contributed by atoms with E-state index in [0.717, 1.165) is 61.0 Å². The number of pyridine rings is 1. The smallest absolute Gasteiger partial charge is 0.269 e. The Morgan fingerprint density at radius 1 is 0.705 bits per heavy atom. The highest BCUT2D eigenvalue weighted by Crippen LogP contribution is 2.33. The minimum atomic E-state index is -1.79. The van der Waals surface area contributed by atoms with E-state index in [1.54, 1.807) is 6.26 Å². The number of hydrogen-bond donors (Lipinski definition) is 0. The van der Waals surface area contributed by atoms with Gasteiger partial charge in [0.15, 0.2) is 0 Å². The Hall–Kier alpha value is -5.94. The second-order valence-corrected chi connectivity index (χ2v) is 10.9. The van der Waals surface area contributed by atoms with Gasteiger partial charge >= 0.3 is 0 Å². The van der Waals surface area contributed by atoms with Crippen LogP contribution in [0.25, 0.3) is 61.0 Å². The SMILES string of the molecule is [2H]C([2H])(c1cccc(-n2[c-][n+](-c3ccccc3)c3ccccc32)c1)c1ccc2c3ccccc3n(-c3cc4occc4cn3)c2c1. The molecule has 9 rings (SSSR count). The third-order valence-electron chi connectivity index (χ3n) is 8.20. The predicted molar refractivity (Wildman–Crippen MR) is 175 cm³/mol. The number of benzene rings is 5. The van der Waals surface area contributed by atoms with Crippen LogP contribution in [0.2, 0.25) is 0 Å². The molecule has 0 atom stereocenters. The first-order valence-electron chi connectivity index (χ1n) is 15.5. The second-order valence-electron chi connectivity index (χ2n) is 10.9. The van der Waals surface area contributed by atoms with Gasteiger partial charge in [0, 0.05) is 31.2 Å². The Morgan fingerprint density at radius 2 is 1.50 bits per heavy atom. The maximum atomic E-state index is 9.44. The zero-order chi connectivity index (χ0) is 30.8. The van der Waals surface area contributed by atoms with E-state index in [0.29, 0.717) is 11.1 Å². The number of furan rings is 1. The van der Waals surface area contributed by atoms with Crippen LogP contribution in [0.15, 0.2) is 150 Å². The number of hydrogen-bond acceptors (Lipinski definition) is 2. The number of imidazole rings is 1. The molecule has 0 amide bonds. The maximum Gasteiger partial charge on any atom is 0.269 e. The highest BCUT2D eigenvalue weighted by Gasteiger charge is 2.16. The van der Waals surface area contributed by atoms with Gasteiger partial charge in [-0.15, -0.1) is 0 Å². The van der Waals surface area contributed by atoms with E-state index in [2.05, 4.69) is 47.3 Å². The highest BCUT2D eigenvalue weighted by atomic mass is 16.3. The molecule has 208 valence electrons. The van der Waals surface area contributed by atoms with Crippen LogP contribution in [0.5, 0.6) is 0 Å². The summed E-state index contributed by atoms with van der Waals surface area (Å²) < 4.78 is 30.7. The first-order valence-corrected chi connectivity index (χ1v) is 14.5. The summed E-state index contributed by atoms with van der Waals surface area (Å²) in [6.07, 6.45) is 5.20. The van der Waals surface area contributed by atoms with Gasteiger partial charge in [-0.2, -0.15) is 0 Å². The van der Waals surface area contributed by atoms with Crippen LogP contribution in [0.3, 0.4) is 0 Å². The van der Waals surface area contributed by atoms with Crippen LogP contribution in [0.1, 0.15) is 13.9 Å². The van der Waals surface area contributed by atoms with E-state index in [-0.39, 0.29) is 0 Å². The molecule has 0 radical (unpaired) electrons.